The van der Waals surface area contributed by atoms with Gasteiger partial charge in [0.2, 0.25) is 0 Å². The van der Waals surface area contributed by atoms with Crippen molar-refractivity contribution in [3.05, 3.63) is 52.2 Å². The first kappa shape index (κ1) is 13.2. The van der Waals surface area contributed by atoms with E-state index >= 15 is 0 Å². The van der Waals surface area contributed by atoms with Crippen LogP contribution < -0.4 is 4.90 Å². The molecule has 1 aromatic heterocycles. The molecule has 0 saturated carbocycles. The fraction of sp³-hybridized carbons (Fsp3) is 0.312. The molecule has 1 aliphatic heterocycles. The first-order chi connectivity index (χ1) is 9.83. The summed E-state index contributed by atoms with van der Waals surface area (Å²) >= 11 is 1.75. The van der Waals surface area contributed by atoms with Gasteiger partial charge in [0.25, 0.3) is 0 Å². The van der Waals surface area contributed by atoms with Crippen LogP contribution >= 0.6 is 11.3 Å². The lowest BCUT2D eigenvalue weighted by Crippen LogP contribution is -2.44. The van der Waals surface area contributed by atoms with E-state index in [0.29, 0.717) is 0 Å². The highest BCUT2D eigenvalue weighted by atomic mass is 32.1. The Morgan fingerprint density at radius 3 is 2.45 bits per heavy atom. The lowest BCUT2D eigenvalue weighted by atomic mass is 10.2. The molecule has 1 fully saturated rings. The number of thiophene rings is 1. The van der Waals surface area contributed by atoms with E-state index in [1.54, 1.807) is 11.3 Å². The minimum Gasteiger partial charge on any atom is -0.368 e. The summed E-state index contributed by atoms with van der Waals surface area (Å²) < 4.78 is 0. The van der Waals surface area contributed by atoms with E-state index < -0.39 is 0 Å². The quantitative estimate of drug-likeness (QED) is 0.806. The predicted molar refractivity (Wildman–Crippen MR) is 86.9 cm³/mol. The maximum absolute atomic E-state index is 4.61. The maximum atomic E-state index is 4.61. The van der Waals surface area contributed by atoms with E-state index in [-0.39, 0.29) is 0 Å². The smallest absolute Gasteiger partial charge is 0.0645 e. The van der Waals surface area contributed by atoms with E-state index in [1.807, 2.05) is 6.21 Å². The largest absolute Gasteiger partial charge is 0.368 e. The molecule has 1 saturated heterocycles. The fourth-order valence-electron chi connectivity index (χ4n) is 2.36. The monoisotopic (exact) mass is 285 g/mol. The molecule has 0 N–H and O–H groups in total. The van der Waals surface area contributed by atoms with Crippen molar-refractivity contribution in [2.75, 3.05) is 31.1 Å². The van der Waals surface area contributed by atoms with Crippen LogP contribution in [0.15, 0.2) is 46.9 Å². The molecule has 2 heterocycles. The van der Waals surface area contributed by atoms with Gasteiger partial charge in [0.15, 0.2) is 0 Å². The molecule has 0 amide bonds. The van der Waals surface area contributed by atoms with E-state index in [4.69, 9.17) is 0 Å². The van der Waals surface area contributed by atoms with Crippen LogP contribution in [0.5, 0.6) is 0 Å². The van der Waals surface area contributed by atoms with Gasteiger partial charge in [-0.1, -0.05) is 18.2 Å². The van der Waals surface area contributed by atoms with Crippen molar-refractivity contribution in [1.29, 1.82) is 0 Å². The number of nitrogens with zero attached hydrogens (tertiary/aromatic N) is 3. The van der Waals surface area contributed by atoms with Crippen LogP contribution in [0.2, 0.25) is 0 Å². The zero-order valence-electron chi connectivity index (χ0n) is 11.7. The van der Waals surface area contributed by atoms with E-state index in [2.05, 4.69) is 63.7 Å². The van der Waals surface area contributed by atoms with Crippen LogP contribution in [0, 0.1) is 6.92 Å². The Balaban J connectivity index is 1.57. The summed E-state index contributed by atoms with van der Waals surface area (Å²) in [6.07, 6.45) is 2.00. The molecule has 4 heteroatoms. The van der Waals surface area contributed by atoms with Crippen molar-refractivity contribution < 1.29 is 0 Å². The SMILES string of the molecule is Cc1ccsc1/C=N/N1CCN(c2ccccc2)CC1. The number of aryl methyl sites for hydroxylation is 1. The molecule has 1 aliphatic rings. The minimum atomic E-state index is 0.982. The van der Waals surface area contributed by atoms with Gasteiger partial charge in [-0.15, -0.1) is 11.3 Å². The minimum absolute atomic E-state index is 0.982. The van der Waals surface area contributed by atoms with Gasteiger partial charge in [0, 0.05) is 23.7 Å². The summed E-state index contributed by atoms with van der Waals surface area (Å²) in [7, 11) is 0. The molecule has 104 valence electrons. The van der Waals surface area contributed by atoms with Gasteiger partial charge in [0.1, 0.15) is 0 Å². The maximum Gasteiger partial charge on any atom is 0.0645 e. The Labute approximate surface area is 124 Å². The van der Waals surface area contributed by atoms with Gasteiger partial charge in [-0.25, -0.2) is 0 Å². The predicted octanol–water partition coefficient (Wildman–Crippen LogP) is 3.21. The van der Waals surface area contributed by atoms with Crippen molar-refractivity contribution in [3.63, 3.8) is 0 Å². The lowest BCUT2D eigenvalue weighted by molar-refractivity contribution is 0.272. The van der Waals surface area contributed by atoms with Crippen molar-refractivity contribution in [3.8, 4) is 0 Å². The molecule has 3 nitrogen and oxygen atoms in total. The van der Waals surface area contributed by atoms with Crippen LogP contribution in [0.4, 0.5) is 5.69 Å². The standard InChI is InChI=1S/C16H19N3S/c1-14-7-12-20-16(14)13-17-19-10-8-18(9-11-19)15-5-3-2-4-6-15/h2-7,12-13H,8-11H2,1H3/b17-13+. The Bertz CT molecular complexity index is 568. The first-order valence-electron chi connectivity index (χ1n) is 6.96. The number of hydrazone groups is 1. The fourth-order valence-corrected chi connectivity index (χ4v) is 3.14. The number of anilines is 1. The molecule has 0 spiro atoms. The summed E-state index contributed by atoms with van der Waals surface area (Å²) in [5.41, 5.74) is 2.62. The second-order valence-corrected chi connectivity index (χ2v) is 5.94. The number of rotatable bonds is 3. The molecule has 0 radical (unpaired) electrons. The third-order valence-corrected chi connectivity index (χ3v) is 4.57. The molecular formula is C16H19N3S. The summed E-state index contributed by atoms with van der Waals surface area (Å²) in [6.45, 7) is 6.16. The number of benzene rings is 1. The third kappa shape index (κ3) is 3.02. The highest BCUT2D eigenvalue weighted by molar-refractivity contribution is 7.11. The Morgan fingerprint density at radius 2 is 1.80 bits per heavy atom. The Kier molecular flexibility index (Phi) is 4.02. The molecule has 2 aromatic rings. The van der Waals surface area contributed by atoms with Crippen LogP contribution in [-0.4, -0.2) is 37.4 Å². The molecule has 0 atom stereocenters. The van der Waals surface area contributed by atoms with Crippen molar-refractivity contribution >= 4 is 23.2 Å². The van der Waals surface area contributed by atoms with Gasteiger partial charge in [0.05, 0.1) is 19.3 Å². The zero-order valence-corrected chi connectivity index (χ0v) is 12.5. The highest BCUT2D eigenvalue weighted by Gasteiger charge is 2.15. The lowest BCUT2D eigenvalue weighted by Gasteiger charge is -2.34. The van der Waals surface area contributed by atoms with E-state index in [0.717, 1.165) is 26.2 Å². The van der Waals surface area contributed by atoms with Crippen molar-refractivity contribution in [2.24, 2.45) is 5.10 Å². The summed E-state index contributed by atoms with van der Waals surface area (Å²) in [5, 5.41) is 8.89. The van der Waals surface area contributed by atoms with Gasteiger partial charge < -0.3 is 4.90 Å². The van der Waals surface area contributed by atoms with Crippen LogP contribution in [0.25, 0.3) is 0 Å². The molecule has 20 heavy (non-hydrogen) atoms. The summed E-state index contributed by atoms with van der Waals surface area (Å²) in [4.78, 5) is 3.68. The number of para-hydroxylation sites is 1. The van der Waals surface area contributed by atoms with Gasteiger partial charge in [-0.3, -0.25) is 5.01 Å². The van der Waals surface area contributed by atoms with Crippen LogP contribution in [0.1, 0.15) is 10.4 Å². The van der Waals surface area contributed by atoms with Crippen molar-refractivity contribution in [1.82, 2.24) is 5.01 Å². The van der Waals surface area contributed by atoms with Crippen LogP contribution in [0.3, 0.4) is 0 Å². The average Bonchev–Trinajstić information content (AvgIpc) is 2.92. The van der Waals surface area contributed by atoms with Crippen molar-refractivity contribution in [2.45, 2.75) is 6.92 Å². The molecule has 0 unspecified atom stereocenters. The second kappa shape index (κ2) is 6.09. The molecule has 0 bridgehead atoms. The average molecular weight is 285 g/mol. The number of hydrogen-bond donors (Lipinski definition) is 0. The molecule has 1 aromatic carbocycles. The Morgan fingerprint density at radius 1 is 1.05 bits per heavy atom. The zero-order chi connectivity index (χ0) is 13.8. The summed E-state index contributed by atoms with van der Waals surface area (Å²) in [5.74, 6) is 0. The first-order valence-corrected chi connectivity index (χ1v) is 7.84. The van der Waals surface area contributed by atoms with Crippen LogP contribution in [-0.2, 0) is 0 Å². The Hall–Kier alpha value is -1.81. The normalized spacial score (nSPS) is 16.1. The van der Waals surface area contributed by atoms with E-state index in [1.165, 1.54) is 16.1 Å². The summed E-state index contributed by atoms with van der Waals surface area (Å²) in [6, 6.07) is 12.7. The van der Waals surface area contributed by atoms with Gasteiger partial charge in [-0.05, 0) is 36.1 Å². The highest BCUT2D eigenvalue weighted by Crippen LogP contribution is 2.16. The topological polar surface area (TPSA) is 18.8 Å². The third-order valence-electron chi connectivity index (χ3n) is 3.62. The van der Waals surface area contributed by atoms with Gasteiger partial charge >= 0.3 is 0 Å². The molecule has 3 rings (SSSR count). The van der Waals surface area contributed by atoms with E-state index in [9.17, 15) is 0 Å². The van der Waals surface area contributed by atoms with Gasteiger partial charge in [-0.2, -0.15) is 5.10 Å². The second-order valence-electron chi connectivity index (χ2n) is 4.99. The number of hydrogen-bond acceptors (Lipinski definition) is 4. The number of piperazine rings is 1. The molecule has 0 aliphatic carbocycles. The molecular weight excluding hydrogens is 266 g/mol.